The number of thiophene rings is 1. The fourth-order valence-corrected chi connectivity index (χ4v) is 3.57. The molecule has 6 nitrogen and oxygen atoms in total. The van der Waals surface area contributed by atoms with Gasteiger partial charge in [-0.15, -0.1) is 11.3 Å². The van der Waals surface area contributed by atoms with Gasteiger partial charge >= 0.3 is 5.97 Å². The molecular formula is C16H19ClN2O4S. The van der Waals surface area contributed by atoms with Gasteiger partial charge in [0.2, 0.25) is 6.10 Å². The molecule has 0 N–H and O–H groups in total. The highest BCUT2D eigenvalue weighted by atomic mass is 35.5. The first kappa shape index (κ1) is 17.2. The van der Waals surface area contributed by atoms with Crippen LogP contribution in [-0.4, -0.2) is 48.3 Å². The predicted octanol–water partition coefficient (Wildman–Crippen LogP) is 2.70. The summed E-state index contributed by atoms with van der Waals surface area (Å²) >= 11 is 7.34. The third-order valence-corrected chi connectivity index (χ3v) is 5.19. The molecule has 1 amide bonds. The molecule has 2 heterocycles. The topological polar surface area (TPSA) is 68.2 Å². The standard InChI is InChI=1S/C16H19ClN2O4S/c1-2-22-15(20)9-19(8-10-3-4-10)16(21)12-7-11(18-23-12)13-5-6-14(17)24-13/h5-6,10,12H,2-4,7-9H2,1H3/t12-/m0/s1. The summed E-state index contributed by atoms with van der Waals surface area (Å²) in [6.45, 7) is 2.58. The molecule has 130 valence electrons. The number of carbonyl (C=O) groups is 2. The van der Waals surface area contributed by atoms with Crippen molar-refractivity contribution in [3.63, 3.8) is 0 Å². The average molecular weight is 371 g/mol. The lowest BCUT2D eigenvalue weighted by Gasteiger charge is -2.23. The van der Waals surface area contributed by atoms with E-state index in [2.05, 4.69) is 5.16 Å². The quantitative estimate of drug-likeness (QED) is 0.692. The molecule has 1 fully saturated rings. The van der Waals surface area contributed by atoms with Crippen molar-refractivity contribution in [3.05, 3.63) is 21.3 Å². The van der Waals surface area contributed by atoms with E-state index in [0.717, 1.165) is 17.7 Å². The molecule has 2 aliphatic rings. The zero-order chi connectivity index (χ0) is 17.1. The summed E-state index contributed by atoms with van der Waals surface area (Å²) in [4.78, 5) is 32.3. The van der Waals surface area contributed by atoms with Gasteiger partial charge in [0.15, 0.2) is 0 Å². The van der Waals surface area contributed by atoms with E-state index in [0.29, 0.717) is 35.5 Å². The van der Waals surface area contributed by atoms with Crippen LogP contribution in [0.4, 0.5) is 0 Å². The zero-order valence-electron chi connectivity index (χ0n) is 13.4. The van der Waals surface area contributed by atoms with E-state index >= 15 is 0 Å². The van der Waals surface area contributed by atoms with Crippen LogP contribution in [-0.2, 0) is 19.2 Å². The Kier molecular flexibility index (Phi) is 5.40. The van der Waals surface area contributed by atoms with Crippen LogP contribution in [0.3, 0.4) is 0 Å². The molecule has 1 aromatic rings. The Bertz CT molecular complexity index is 656. The van der Waals surface area contributed by atoms with E-state index in [1.165, 1.54) is 11.3 Å². The molecule has 24 heavy (non-hydrogen) atoms. The van der Waals surface area contributed by atoms with Crippen molar-refractivity contribution in [2.75, 3.05) is 19.7 Å². The third-order valence-electron chi connectivity index (χ3n) is 3.91. The Balaban J connectivity index is 1.61. The number of amides is 1. The molecule has 1 aromatic heterocycles. The molecule has 0 spiro atoms. The maximum Gasteiger partial charge on any atom is 0.325 e. The van der Waals surface area contributed by atoms with Crippen molar-refractivity contribution in [2.45, 2.75) is 32.3 Å². The minimum Gasteiger partial charge on any atom is -0.465 e. The second-order valence-corrected chi connectivity index (χ2v) is 7.62. The third kappa shape index (κ3) is 4.27. The molecule has 1 aliphatic heterocycles. The summed E-state index contributed by atoms with van der Waals surface area (Å²) in [5, 5.41) is 4.02. The second-order valence-electron chi connectivity index (χ2n) is 5.91. The van der Waals surface area contributed by atoms with E-state index in [9.17, 15) is 9.59 Å². The molecule has 1 atom stereocenters. The Morgan fingerprint density at radius 1 is 1.46 bits per heavy atom. The number of carbonyl (C=O) groups excluding carboxylic acids is 2. The number of oxime groups is 1. The van der Waals surface area contributed by atoms with Gasteiger partial charge in [-0.25, -0.2) is 0 Å². The van der Waals surface area contributed by atoms with Gasteiger partial charge in [-0.1, -0.05) is 16.8 Å². The van der Waals surface area contributed by atoms with Crippen molar-refractivity contribution in [1.29, 1.82) is 0 Å². The molecule has 0 bridgehead atoms. The van der Waals surface area contributed by atoms with E-state index in [-0.39, 0.29) is 12.5 Å². The van der Waals surface area contributed by atoms with Gasteiger partial charge in [0, 0.05) is 13.0 Å². The summed E-state index contributed by atoms with van der Waals surface area (Å²) < 4.78 is 5.63. The highest BCUT2D eigenvalue weighted by molar-refractivity contribution is 7.18. The Morgan fingerprint density at radius 3 is 2.88 bits per heavy atom. The van der Waals surface area contributed by atoms with Crippen molar-refractivity contribution in [1.82, 2.24) is 4.90 Å². The molecular weight excluding hydrogens is 352 g/mol. The van der Waals surface area contributed by atoms with Crippen LogP contribution in [0, 0.1) is 5.92 Å². The van der Waals surface area contributed by atoms with Crippen molar-refractivity contribution in [3.8, 4) is 0 Å². The van der Waals surface area contributed by atoms with Gasteiger partial charge in [0.1, 0.15) is 12.3 Å². The van der Waals surface area contributed by atoms with Crippen LogP contribution in [0.1, 0.15) is 31.1 Å². The molecule has 1 aliphatic carbocycles. The molecule has 8 heteroatoms. The Hall–Kier alpha value is -1.60. The van der Waals surface area contributed by atoms with Crippen molar-refractivity contribution in [2.24, 2.45) is 11.1 Å². The molecule has 0 saturated heterocycles. The second kappa shape index (κ2) is 7.53. The van der Waals surface area contributed by atoms with Crippen LogP contribution in [0.15, 0.2) is 17.3 Å². The van der Waals surface area contributed by atoms with Gasteiger partial charge in [0.25, 0.3) is 5.91 Å². The van der Waals surface area contributed by atoms with Crippen molar-refractivity contribution >= 4 is 40.5 Å². The first-order valence-corrected chi connectivity index (χ1v) is 9.19. The predicted molar refractivity (Wildman–Crippen MR) is 91.3 cm³/mol. The normalized spacial score (nSPS) is 19.6. The summed E-state index contributed by atoms with van der Waals surface area (Å²) in [6.07, 6.45) is 1.88. The maximum atomic E-state index is 12.7. The maximum absolute atomic E-state index is 12.7. The van der Waals surface area contributed by atoms with Crippen LogP contribution in [0.25, 0.3) is 0 Å². The monoisotopic (exact) mass is 370 g/mol. The first-order chi connectivity index (χ1) is 11.6. The number of halogens is 1. The Labute approximate surface area is 149 Å². The van der Waals surface area contributed by atoms with Gasteiger partial charge in [-0.2, -0.15) is 0 Å². The number of hydrogen-bond acceptors (Lipinski definition) is 6. The van der Waals surface area contributed by atoms with Crippen LogP contribution in [0.5, 0.6) is 0 Å². The van der Waals surface area contributed by atoms with Crippen LogP contribution in [0.2, 0.25) is 4.34 Å². The molecule has 0 radical (unpaired) electrons. The van der Waals surface area contributed by atoms with Gasteiger partial charge < -0.3 is 14.5 Å². The largest absolute Gasteiger partial charge is 0.465 e. The highest BCUT2D eigenvalue weighted by Crippen LogP contribution is 2.31. The zero-order valence-corrected chi connectivity index (χ0v) is 14.9. The highest BCUT2D eigenvalue weighted by Gasteiger charge is 2.36. The van der Waals surface area contributed by atoms with Gasteiger partial charge in [-0.05, 0) is 37.8 Å². The summed E-state index contributed by atoms with van der Waals surface area (Å²) in [5.74, 6) is -0.131. The van der Waals surface area contributed by atoms with E-state index in [1.807, 2.05) is 6.07 Å². The van der Waals surface area contributed by atoms with E-state index in [1.54, 1.807) is 17.9 Å². The fourth-order valence-electron chi connectivity index (χ4n) is 2.54. The fraction of sp³-hybridized carbons (Fsp3) is 0.562. The van der Waals surface area contributed by atoms with Crippen LogP contribution < -0.4 is 0 Å². The molecule has 0 unspecified atom stereocenters. The van der Waals surface area contributed by atoms with Crippen LogP contribution >= 0.6 is 22.9 Å². The number of ether oxygens (including phenoxy) is 1. The van der Waals surface area contributed by atoms with E-state index in [4.69, 9.17) is 21.2 Å². The lowest BCUT2D eigenvalue weighted by molar-refractivity contribution is -0.153. The number of rotatable bonds is 7. The lowest BCUT2D eigenvalue weighted by atomic mass is 10.1. The summed E-state index contributed by atoms with van der Waals surface area (Å²) in [6, 6.07) is 3.65. The molecule has 0 aromatic carbocycles. The number of esters is 1. The summed E-state index contributed by atoms with van der Waals surface area (Å²) in [7, 11) is 0. The minimum absolute atomic E-state index is 0.0385. The SMILES string of the molecule is CCOC(=O)CN(CC1CC1)C(=O)[C@@H]1CC(c2ccc(Cl)s2)=NO1. The number of nitrogens with zero attached hydrogens (tertiary/aromatic N) is 2. The number of hydrogen-bond donors (Lipinski definition) is 0. The molecule has 3 rings (SSSR count). The van der Waals surface area contributed by atoms with Gasteiger partial charge in [0.05, 0.1) is 15.8 Å². The average Bonchev–Trinajstić information content (AvgIpc) is 3.05. The smallest absolute Gasteiger partial charge is 0.325 e. The van der Waals surface area contributed by atoms with Crippen molar-refractivity contribution < 1.29 is 19.2 Å². The van der Waals surface area contributed by atoms with Gasteiger partial charge in [-0.3, -0.25) is 9.59 Å². The first-order valence-electron chi connectivity index (χ1n) is 7.99. The van der Waals surface area contributed by atoms with E-state index < -0.39 is 12.1 Å². The summed E-state index contributed by atoms with van der Waals surface area (Å²) in [5.41, 5.74) is 0.716. The lowest BCUT2D eigenvalue weighted by Crippen LogP contribution is -2.43. The Morgan fingerprint density at radius 2 is 2.25 bits per heavy atom. The minimum atomic E-state index is -0.686. The molecule has 1 saturated carbocycles.